The second-order valence-corrected chi connectivity index (χ2v) is 5.24. The smallest absolute Gasteiger partial charge is 0.119 e. The van der Waals surface area contributed by atoms with Gasteiger partial charge in [-0.2, -0.15) is 0 Å². The summed E-state index contributed by atoms with van der Waals surface area (Å²) in [5, 5.41) is 0. The van der Waals surface area contributed by atoms with Gasteiger partial charge in [-0.25, -0.2) is 0 Å². The molecule has 0 heterocycles. The zero-order chi connectivity index (χ0) is 23.5. The maximum Gasteiger partial charge on any atom is 0.119 e. The number of hydrogen-bond acceptors (Lipinski definition) is 1. The molecule has 3 aromatic rings. The summed E-state index contributed by atoms with van der Waals surface area (Å²) < 4.78 is 5.21. The molecule has 34 heavy (non-hydrogen) atoms. The Balaban J connectivity index is -0.0000000551. The molecule has 0 saturated heterocycles. The fraction of sp³-hybridized carbons (Fsp3) is 0.455. The van der Waals surface area contributed by atoms with Crippen LogP contribution in [0.15, 0.2) is 91.0 Å². The highest BCUT2D eigenvalue weighted by atomic mass is 16.5. The van der Waals surface area contributed by atoms with E-state index in [1.807, 2.05) is 103 Å². The van der Waals surface area contributed by atoms with Crippen molar-refractivity contribution in [3.63, 3.8) is 0 Å². The van der Waals surface area contributed by atoms with Gasteiger partial charge in [0.15, 0.2) is 0 Å². The minimum atomic E-state index is 0. The molecule has 3 aromatic carbocycles. The minimum Gasteiger partial charge on any atom is -0.494 e. The van der Waals surface area contributed by atoms with Crippen LogP contribution in [0.4, 0.5) is 0 Å². The third-order valence-electron chi connectivity index (χ3n) is 3.25. The standard InChI is InChI=1S/C8H10O.C8H10.C7H8.3C2H6.4CH4/c1-2-9-8-6-4-3-5-7-8;1-2-8-6-4-3-5-7-8;1-7-5-3-2-4-6-7;3*1-2;;;;/h3-7H,2H2,1H3;3-7H,2H2,1H3;2-6H,1H3;3*1-2H3;4*1H4. The van der Waals surface area contributed by atoms with Crippen LogP contribution in [0.2, 0.25) is 0 Å². The molecule has 0 spiro atoms. The molecule has 1 heteroatoms. The molecule has 0 amide bonds. The van der Waals surface area contributed by atoms with E-state index < -0.39 is 0 Å². The van der Waals surface area contributed by atoms with Crippen LogP contribution in [0, 0.1) is 6.92 Å². The summed E-state index contributed by atoms with van der Waals surface area (Å²) in [5.41, 5.74) is 2.73. The monoisotopic (exact) mass is 474 g/mol. The van der Waals surface area contributed by atoms with Crippen LogP contribution in [0.25, 0.3) is 0 Å². The summed E-state index contributed by atoms with van der Waals surface area (Å²) in [6.07, 6.45) is 1.14. The Morgan fingerprint density at radius 3 is 1.06 bits per heavy atom. The highest BCUT2D eigenvalue weighted by Crippen LogP contribution is 2.06. The van der Waals surface area contributed by atoms with Crippen molar-refractivity contribution in [2.45, 2.75) is 98.4 Å². The Hall–Kier alpha value is -2.54. The van der Waals surface area contributed by atoms with Crippen LogP contribution in [-0.4, -0.2) is 6.61 Å². The molecule has 0 atom stereocenters. The number of para-hydroxylation sites is 1. The van der Waals surface area contributed by atoms with Crippen LogP contribution in [-0.2, 0) is 6.42 Å². The van der Waals surface area contributed by atoms with Crippen molar-refractivity contribution in [2.24, 2.45) is 0 Å². The molecule has 0 radical (unpaired) electrons. The molecule has 0 aliphatic carbocycles. The van der Waals surface area contributed by atoms with E-state index in [9.17, 15) is 0 Å². The van der Waals surface area contributed by atoms with E-state index in [0.717, 1.165) is 18.8 Å². The predicted octanol–water partition coefficient (Wildman–Crippen LogP) is 12.0. The van der Waals surface area contributed by atoms with Crippen molar-refractivity contribution in [1.29, 1.82) is 0 Å². The van der Waals surface area contributed by atoms with E-state index in [0.29, 0.717) is 0 Å². The molecule has 3 rings (SSSR count). The second kappa shape index (κ2) is 44.2. The first kappa shape index (κ1) is 48.8. The van der Waals surface area contributed by atoms with Gasteiger partial charge in [-0.15, -0.1) is 0 Å². The highest BCUT2D eigenvalue weighted by molar-refractivity contribution is 5.20. The van der Waals surface area contributed by atoms with Crippen LogP contribution in [0.3, 0.4) is 0 Å². The van der Waals surface area contributed by atoms with Gasteiger partial charge in [0.05, 0.1) is 6.61 Å². The molecule has 0 unspecified atom stereocenters. The Morgan fingerprint density at radius 2 is 0.824 bits per heavy atom. The molecule has 0 fully saturated rings. The molecule has 0 aliphatic heterocycles. The summed E-state index contributed by atoms with van der Waals surface area (Å²) in [5.74, 6) is 0.944. The van der Waals surface area contributed by atoms with Crippen LogP contribution < -0.4 is 4.74 Å². The SMILES string of the molecule is C.C.C.C.CC.CC.CC.CCOc1ccccc1.CCc1ccccc1.Cc1ccccc1. The van der Waals surface area contributed by atoms with Gasteiger partial charge in [-0.1, -0.05) is 163 Å². The lowest BCUT2D eigenvalue weighted by molar-refractivity contribution is 0.340. The molecule has 0 bridgehead atoms. The van der Waals surface area contributed by atoms with Crippen LogP contribution >= 0.6 is 0 Å². The first-order chi connectivity index (χ1) is 14.8. The summed E-state index contributed by atoms with van der Waals surface area (Å²) >= 11 is 0. The third-order valence-corrected chi connectivity index (χ3v) is 3.25. The Bertz CT molecular complexity index is 618. The predicted molar refractivity (Wildman–Crippen MR) is 166 cm³/mol. The van der Waals surface area contributed by atoms with E-state index in [1.165, 1.54) is 11.1 Å². The molecular formula is C33H62O. The van der Waals surface area contributed by atoms with Gasteiger partial charge in [0.1, 0.15) is 5.75 Å². The summed E-state index contributed by atoms with van der Waals surface area (Å²) in [6, 6.07) is 30.5. The fourth-order valence-corrected chi connectivity index (χ4v) is 1.93. The van der Waals surface area contributed by atoms with E-state index in [4.69, 9.17) is 4.74 Å². The fourth-order valence-electron chi connectivity index (χ4n) is 1.93. The lowest BCUT2D eigenvalue weighted by Crippen LogP contribution is -1.89. The molecule has 0 saturated carbocycles. The molecule has 0 aliphatic rings. The molecule has 0 aromatic heterocycles. The summed E-state index contributed by atoms with van der Waals surface area (Å²) in [4.78, 5) is 0. The van der Waals surface area contributed by atoms with Crippen molar-refractivity contribution in [2.75, 3.05) is 6.61 Å². The second-order valence-electron chi connectivity index (χ2n) is 5.24. The van der Waals surface area contributed by atoms with Gasteiger partial charge in [-0.05, 0) is 38.0 Å². The quantitative estimate of drug-likeness (QED) is 0.366. The molecule has 0 N–H and O–H groups in total. The number of aryl methyl sites for hydroxylation is 2. The number of hydrogen-bond donors (Lipinski definition) is 0. The lowest BCUT2D eigenvalue weighted by Gasteiger charge is -1.99. The summed E-state index contributed by atoms with van der Waals surface area (Å²) in [6.45, 7) is 19.0. The van der Waals surface area contributed by atoms with E-state index in [1.54, 1.807) is 0 Å². The van der Waals surface area contributed by atoms with Gasteiger partial charge in [0.25, 0.3) is 0 Å². The minimum absolute atomic E-state index is 0. The largest absolute Gasteiger partial charge is 0.494 e. The maximum atomic E-state index is 5.21. The third kappa shape index (κ3) is 34.1. The maximum absolute atomic E-state index is 5.21. The first-order valence-electron chi connectivity index (χ1n) is 11.5. The number of rotatable bonds is 3. The van der Waals surface area contributed by atoms with Gasteiger partial charge >= 0.3 is 0 Å². The Kier molecular flexibility index (Phi) is 63.4. The van der Waals surface area contributed by atoms with Crippen molar-refractivity contribution in [1.82, 2.24) is 0 Å². The van der Waals surface area contributed by atoms with Crippen LogP contribution in [0.1, 0.15) is 96.2 Å². The highest BCUT2D eigenvalue weighted by Gasteiger charge is 1.84. The Morgan fingerprint density at radius 1 is 0.500 bits per heavy atom. The topological polar surface area (TPSA) is 9.23 Å². The van der Waals surface area contributed by atoms with E-state index in [-0.39, 0.29) is 29.7 Å². The Labute approximate surface area is 217 Å². The molecular weight excluding hydrogens is 412 g/mol. The average molecular weight is 475 g/mol. The van der Waals surface area contributed by atoms with E-state index >= 15 is 0 Å². The molecule has 1 nitrogen and oxygen atoms in total. The van der Waals surface area contributed by atoms with Crippen molar-refractivity contribution in [3.8, 4) is 5.75 Å². The van der Waals surface area contributed by atoms with Crippen LogP contribution in [0.5, 0.6) is 5.75 Å². The van der Waals surface area contributed by atoms with Crippen molar-refractivity contribution in [3.05, 3.63) is 102 Å². The van der Waals surface area contributed by atoms with Gasteiger partial charge in [0.2, 0.25) is 0 Å². The van der Waals surface area contributed by atoms with Gasteiger partial charge in [0, 0.05) is 0 Å². The van der Waals surface area contributed by atoms with Gasteiger partial charge in [-0.3, -0.25) is 0 Å². The normalized spacial score (nSPS) is 6.85. The molecule has 200 valence electrons. The van der Waals surface area contributed by atoms with Crippen molar-refractivity contribution < 1.29 is 4.74 Å². The van der Waals surface area contributed by atoms with Gasteiger partial charge < -0.3 is 4.74 Å². The number of benzene rings is 3. The lowest BCUT2D eigenvalue weighted by atomic mass is 10.2. The first-order valence-corrected chi connectivity index (χ1v) is 11.5. The zero-order valence-corrected chi connectivity index (χ0v) is 21.0. The average Bonchev–Trinajstić information content (AvgIpc) is 2.86. The number of ether oxygens (including phenoxy) is 1. The summed E-state index contributed by atoms with van der Waals surface area (Å²) in [7, 11) is 0. The van der Waals surface area contributed by atoms with E-state index in [2.05, 4.69) is 50.2 Å². The zero-order valence-electron chi connectivity index (χ0n) is 21.0. The van der Waals surface area contributed by atoms with Crippen molar-refractivity contribution >= 4 is 0 Å².